The minimum atomic E-state index is 0.0318. The molecule has 0 aliphatic rings. The summed E-state index contributed by atoms with van der Waals surface area (Å²) in [7, 11) is 0. The third-order valence-corrected chi connectivity index (χ3v) is 2.52. The van der Waals surface area contributed by atoms with E-state index in [1.807, 2.05) is 31.2 Å². The molecule has 1 N–H and O–H groups in total. The number of hydrogen-bond acceptors (Lipinski definition) is 2. The summed E-state index contributed by atoms with van der Waals surface area (Å²) in [5.41, 5.74) is 10.3. The van der Waals surface area contributed by atoms with Crippen LogP contribution in [0.3, 0.4) is 0 Å². The van der Waals surface area contributed by atoms with Crippen molar-refractivity contribution in [2.75, 3.05) is 13.1 Å². The molecule has 1 aromatic rings. The molecule has 5 nitrogen and oxygen atoms in total. The number of azide groups is 1. The van der Waals surface area contributed by atoms with Crippen molar-refractivity contribution < 1.29 is 4.79 Å². The SMILES string of the molecule is Cc1cccc(CC(=O)NCCCCN=[N+]=[N-])c1. The van der Waals surface area contributed by atoms with Gasteiger partial charge in [0.05, 0.1) is 6.42 Å². The lowest BCUT2D eigenvalue weighted by molar-refractivity contribution is -0.120. The lowest BCUT2D eigenvalue weighted by Gasteiger charge is -2.05. The Morgan fingerprint density at radius 1 is 1.44 bits per heavy atom. The zero-order chi connectivity index (χ0) is 13.2. The van der Waals surface area contributed by atoms with Crippen molar-refractivity contribution >= 4 is 5.91 Å². The number of benzene rings is 1. The number of unbranched alkanes of at least 4 members (excludes halogenated alkanes) is 1. The average Bonchev–Trinajstić information content (AvgIpc) is 2.33. The predicted molar refractivity (Wildman–Crippen MR) is 71.1 cm³/mol. The molecule has 1 aromatic carbocycles. The summed E-state index contributed by atoms with van der Waals surface area (Å²) < 4.78 is 0. The van der Waals surface area contributed by atoms with E-state index >= 15 is 0 Å². The van der Waals surface area contributed by atoms with E-state index in [2.05, 4.69) is 15.3 Å². The maximum Gasteiger partial charge on any atom is 0.224 e. The molecule has 0 atom stereocenters. The van der Waals surface area contributed by atoms with Crippen molar-refractivity contribution in [1.29, 1.82) is 0 Å². The summed E-state index contributed by atoms with van der Waals surface area (Å²) in [6.07, 6.45) is 2.05. The highest BCUT2D eigenvalue weighted by atomic mass is 16.1. The molecule has 0 radical (unpaired) electrons. The quantitative estimate of drug-likeness (QED) is 0.341. The van der Waals surface area contributed by atoms with Crippen molar-refractivity contribution in [2.24, 2.45) is 5.11 Å². The minimum Gasteiger partial charge on any atom is -0.356 e. The number of nitrogens with zero attached hydrogens (tertiary/aromatic N) is 3. The second-order valence-electron chi connectivity index (χ2n) is 4.18. The van der Waals surface area contributed by atoms with E-state index in [4.69, 9.17) is 5.53 Å². The van der Waals surface area contributed by atoms with Crippen molar-refractivity contribution in [3.8, 4) is 0 Å². The Kier molecular flexibility index (Phi) is 6.36. The Morgan fingerprint density at radius 2 is 2.28 bits per heavy atom. The van der Waals surface area contributed by atoms with E-state index < -0.39 is 0 Å². The first-order valence-corrected chi connectivity index (χ1v) is 6.05. The molecule has 0 aliphatic carbocycles. The van der Waals surface area contributed by atoms with E-state index in [0.29, 0.717) is 19.5 Å². The molecule has 0 spiro atoms. The van der Waals surface area contributed by atoms with Gasteiger partial charge in [-0.3, -0.25) is 4.79 Å². The van der Waals surface area contributed by atoms with Crippen molar-refractivity contribution in [2.45, 2.75) is 26.2 Å². The summed E-state index contributed by atoms with van der Waals surface area (Å²) in [6, 6.07) is 7.93. The van der Waals surface area contributed by atoms with Gasteiger partial charge in [0.1, 0.15) is 0 Å². The Hall–Kier alpha value is -2.00. The molecule has 96 valence electrons. The molecule has 0 aromatic heterocycles. The molecule has 0 fully saturated rings. The smallest absolute Gasteiger partial charge is 0.224 e. The Labute approximate surface area is 107 Å². The van der Waals surface area contributed by atoms with Gasteiger partial charge < -0.3 is 5.32 Å². The normalized spacial score (nSPS) is 9.61. The van der Waals surface area contributed by atoms with Gasteiger partial charge in [-0.05, 0) is 30.9 Å². The van der Waals surface area contributed by atoms with Gasteiger partial charge in [-0.1, -0.05) is 34.9 Å². The summed E-state index contributed by atoms with van der Waals surface area (Å²) in [5.74, 6) is 0.0318. The van der Waals surface area contributed by atoms with Crippen LogP contribution >= 0.6 is 0 Å². The van der Waals surface area contributed by atoms with Gasteiger partial charge in [0, 0.05) is 18.0 Å². The fourth-order valence-corrected chi connectivity index (χ4v) is 1.65. The number of amides is 1. The molecular weight excluding hydrogens is 228 g/mol. The standard InChI is InChI=1S/C13H18N4O/c1-11-5-4-6-12(9-11)10-13(18)15-7-2-3-8-16-17-14/h4-6,9H,2-3,7-8,10H2,1H3,(H,15,18). The van der Waals surface area contributed by atoms with Crippen LogP contribution in [0.2, 0.25) is 0 Å². The van der Waals surface area contributed by atoms with Gasteiger partial charge in [-0.15, -0.1) is 0 Å². The first-order chi connectivity index (χ1) is 8.72. The number of hydrogen-bond donors (Lipinski definition) is 1. The average molecular weight is 246 g/mol. The van der Waals surface area contributed by atoms with Gasteiger partial charge in [0.25, 0.3) is 0 Å². The molecule has 18 heavy (non-hydrogen) atoms. The highest BCUT2D eigenvalue weighted by molar-refractivity contribution is 5.78. The van der Waals surface area contributed by atoms with Crippen LogP contribution in [0.4, 0.5) is 0 Å². The first-order valence-electron chi connectivity index (χ1n) is 6.05. The van der Waals surface area contributed by atoms with Crippen molar-refractivity contribution in [3.05, 3.63) is 45.8 Å². The van der Waals surface area contributed by atoms with E-state index in [9.17, 15) is 4.79 Å². The van der Waals surface area contributed by atoms with Crippen LogP contribution in [0, 0.1) is 6.92 Å². The monoisotopic (exact) mass is 246 g/mol. The second-order valence-corrected chi connectivity index (χ2v) is 4.18. The molecular formula is C13H18N4O. The molecule has 0 bridgehead atoms. The number of carbonyl (C=O) groups excluding carboxylic acids is 1. The van der Waals surface area contributed by atoms with Crippen LogP contribution < -0.4 is 5.32 Å². The first kappa shape index (κ1) is 14.1. The van der Waals surface area contributed by atoms with Crippen LogP contribution in [-0.2, 0) is 11.2 Å². The van der Waals surface area contributed by atoms with Gasteiger partial charge in [0.15, 0.2) is 0 Å². The Bertz CT molecular complexity index is 438. The van der Waals surface area contributed by atoms with Crippen molar-refractivity contribution in [3.63, 3.8) is 0 Å². The molecule has 0 unspecified atom stereocenters. The largest absolute Gasteiger partial charge is 0.356 e. The molecule has 5 heteroatoms. The number of nitrogens with one attached hydrogen (secondary N) is 1. The fraction of sp³-hybridized carbons (Fsp3) is 0.462. The molecule has 0 saturated heterocycles. The molecule has 0 aliphatic heterocycles. The van der Waals surface area contributed by atoms with Gasteiger partial charge >= 0.3 is 0 Å². The number of rotatable bonds is 7. The van der Waals surface area contributed by atoms with Crippen LogP contribution in [0.1, 0.15) is 24.0 Å². The van der Waals surface area contributed by atoms with Crippen LogP contribution in [-0.4, -0.2) is 19.0 Å². The zero-order valence-electron chi connectivity index (χ0n) is 10.6. The molecule has 1 amide bonds. The maximum absolute atomic E-state index is 11.6. The summed E-state index contributed by atoms with van der Waals surface area (Å²) >= 11 is 0. The molecule has 0 heterocycles. The van der Waals surface area contributed by atoms with Gasteiger partial charge in [-0.2, -0.15) is 0 Å². The Balaban J connectivity index is 2.19. The summed E-state index contributed by atoms with van der Waals surface area (Å²) in [6.45, 7) is 3.13. The highest BCUT2D eigenvalue weighted by Gasteiger charge is 2.02. The van der Waals surface area contributed by atoms with E-state index in [1.54, 1.807) is 0 Å². The van der Waals surface area contributed by atoms with Crippen LogP contribution in [0.15, 0.2) is 29.4 Å². The highest BCUT2D eigenvalue weighted by Crippen LogP contribution is 2.04. The number of carbonyl (C=O) groups is 1. The lowest BCUT2D eigenvalue weighted by atomic mass is 10.1. The minimum absolute atomic E-state index is 0.0318. The molecule has 1 rings (SSSR count). The predicted octanol–water partition coefficient (Wildman–Crippen LogP) is 2.74. The van der Waals surface area contributed by atoms with E-state index in [-0.39, 0.29) is 5.91 Å². The van der Waals surface area contributed by atoms with Crippen molar-refractivity contribution in [1.82, 2.24) is 5.32 Å². The van der Waals surface area contributed by atoms with E-state index in [0.717, 1.165) is 24.0 Å². The maximum atomic E-state index is 11.6. The number of aryl methyl sites for hydroxylation is 1. The van der Waals surface area contributed by atoms with Gasteiger partial charge in [0.2, 0.25) is 5.91 Å². The fourth-order valence-electron chi connectivity index (χ4n) is 1.65. The Morgan fingerprint density at radius 3 is 3.00 bits per heavy atom. The third-order valence-electron chi connectivity index (χ3n) is 2.52. The summed E-state index contributed by atoms with van der Waals surface area (Å²) in [5, 5.41) is 6.29. The van der Waals surface area contributed by atoms with Crippen LogP contribution in [0.5, 0.6) is 0 Å². The molecule has 0 saturated carbocycles. The second kappa shape index (κ2) is 8.14. The van der Waals surface area contributed by atoms with Crippen LogP contribution in [0.25, 0.3) is 10.4 Å². The zero-order valence-corrected chi connectivity index (χ0v) is 10.6. The summed E-state index contributed by atoms with van der Waals surface area (Å²) in [4.78, 5) is 14.3. The van der Waals surface area contributed by atoms with Gasteiger partial charge in [-0.25, -0.2) is 0 Å². The van der Waals surface area contributed by atoms with E-state index in [1.165, 1.54) is 0 Å². The third kappa shape index (κ3) is 5.92. The lowest BCUT2D eigenvalue weighted by Crippen LogP contribution is -2.26. The topological polar surface area (TPSA) is 77.9 Å².